The van der Waals surface area contributed by atoms with Gasteiger partial charge in [0.25, 0.3) is 0 Å². The molecule has 0 N–H and O–H groups in total. The van der Waals surface area contributed by atoms with Gasteiger partial charge in [0.2, 0.25) is 0 Å². The molecule has 0 aliphatic rings. The molecule has 1 atom stereocenters. The summed E-state index contributed by atoms with van der Waals surface area (Å²) in [4.78, 5) is 6.11. The van der Waals surface area contributed by atoms with Gasteiger partial charge in [0.1, 0.15) is 5.01 Å². The summed E-state index contributed by atoms with van der Waals surface area (Å²) in [6.45, 7) is 6.67. The summed E-state index contributed by atoms with van der Waals surface area (Å²) in [5.74, 6) is 1.02. The Kier molecular flexibility index (Phi) is 5.48. The Labute approximate surface area is 132 Å². The van der Waals surface area contributed by atoms with Crippen LogP contribution in [0.2, 0.25) is 0 Å². The number of benzene rings is 1. The molecule has 0 radical (unpaired) electrons. The molecule has 1 aromatic heterocycles. The normalized spacial score (nSPS) is 12.6. The van der Waals surface area contributed by atoms with E-state index in [4.69, 9.17) is 4.98 Å². The van der Waals surface area contributed by atoms with E-state index in [1.54, 1.807) is 0 Å². The molecule has 1 aromatic carbocycles. The molecular weight excluding hydrogens is 338 g/mol. The van der Waals surface area contributed by atoms with Crippen molar-refractivity contribution in [3.05, 3.63) is 38.6 Å². The molecule has 4 heteroatoms. The van der Waals surface area contributed by atoms with Crippen LogP contribution in [0, 0.1) is 6.92 Å². The first-order chi connectivity index (χ1) is 9.10. The molecule has 0 saturated heterocycles. The number of nitrogens with zero attached hydrogens (tertiary/aromatic N) is 1. The van der Waals surface area contributed by atoms with Crippen LogP contribution in [0.15, 0.2) is 28.7 Å². The van der Waals surface area contributed by atoms with Crippen LogP contribution in [0.5, 0.6) is 0 Å². The van der Waals surface area contributed by atoms with Crippen LogP contribution in [-0.4, -0.2) is 10.2 Å². The first-order valence-electron chi connectivity index (χ1n) is 6.44. The third-order valence-electron chi connectivity index (χ3n) is 3.01. The highest BCUT2D eigenvalue weighted by Crippen LogP contribution is 2.31. The molecule has 0 aliphatic heterocycles. The third-order valence-corrected chi connectivity index (χ3v) is 5.99. The molecule has 0 spiro atoms. The van der Waals surface area contributed by atoms with E-state index < -0.39 is 0 Å². The Hall–Kier alpha value is -0.320. The van der Waals surface area contributed by atoms with E-state index in [0.717, 1.165) is 15.9 Å². The molecule has 0 bridgehead atoms. The van der Waals surface area contributed by atoms with Crippen molar-refractivity contribution in [2.24, 2.45) is 0 Å². The molecule has 0 saturated carbocycles. The maximum absolute atomic E-state index is 4.80. The van der Waals surface area contributed by atoms with Crippen LogP contribution in [-0.2, 0) is 5.75 Å². The second-order valence-electron chi connectivity index (χ2n) is 4.55. The average molecular weight is 356 g/mol. The van der Waals surface area contributed by atoms with Crippen molar-refractivity contribution in [3.63, 3.8) is 0 Å². The number of aryl methyl sites for hydroxylation is 1. The molecule has 19 heavy (non-hydrogen) atoms. The molecule has 2 rings (SSSR count). The minimum Gasteiger partial charge on any atom is -0.240 e. The highest BCUT2D eigenvalue weighted by atomic mass is 79.9. The number of hydrogen-bond acceptors (Lipinski definition) is 3. The quantitative estimate of drug-likeness (QED) is 0.660. The largest absolute Gasteiger partial charge is 0.240 e. The van der Waals surface area contributed by atoms with Crippen molar-refractivity contribution in [2.45, 2.75) is 38.2 Å². The minimum atomic E-state index is 0.707. The fraction of sp³-hybridized carbons (Fsp3) is 0.400. The molecular formula is C15H18BrNS2. The van der Waals surface area contributed by atoms with Gasteiger partial charge in [-0.25, -0.2) is 4.98 Å². The Bertz CT molecular complexity index is 551. The molecule has 1 nitrogen and oxygen atoms in total. The van der Waals surface area contributed by atoms with Crippen LogP contribution < -0.4 is 0 Å². The lowest BCUT2D eigenvalue weighted by atomic mass is 10.1. The summed E-state index contributed by atoms with van der Waals surface area (Å²) >= 11 is 7.33. The first kappa shape index (κ1) is 15.1. The van der Waals surface area contributed by atoms with E-state index in [1.165, 1.54) is 21.9 Å². The highest BCUT2D eigenvalue weighted by Gasteiger charge is 2.11. The zero-order valence-electron chi connectivity index (χ0n) is 11.4. The first-order valence-corrected chi connectivity index (χ1v) is 9.09. The maximum atomic E-state index is 4.80. The lowest BCUT2D eigenvalue weighted by molar-refractivity contribution is 0.905. The fourth-order valence-electron chi connectivity index (χ4n) is 1.75. The van der Waals surface area contributed by atoms with Gasteiger partial charge >= 0.3 is 0 Å². The third kappa shape index (κ3) is 4.07. The summed E-state index contributed by atoms with van der Waals surface area (Å²) in [7, 11) is 0. The van der Waals surface area contributed by atoms with Gasteiger partial charge in [0.15, 0.2) is 0 Å². The summed E-state index contributed by atoms with van der Waals surface area (Å²) in [6, 6.07) is 8.36. The number of rotatable bonds is 5. The van der Waals surface area contributed by atoms with E-state index >= 15 is 0 Å². The van der Waals surface area contributed by atoms with Crippen molar-refractivity contribution in [2.75, 3.05) is 0 Å². The Balaban J connectivity index is 2.17. The van der Waals surface area contributed by atoms with E-state index in [0.29, 0.717) is 5.25 Å². The average Bonchev–Trinajstić information content (AvgIpc) is 2.77. The number of hydrogen-bond donors (Lipinski definition) is 0. The summed E-state index contributed by atoms with van der Waals surface area (Å²) < 4.78 is 1.10. The molecule has 0 aliphatic carbocycles. The summed E-state index contributed by atoms with van der Waals surface area (Å²) in [5, 5.41) is 1.94. The van der Waals surface area contributed by atoms with Gasteiger partial charge in [0, 0.05) is 25.9 Å². The number of thioether (sulfide) groups is 1. The molecule has 0 fully saturated rings. The molecule has 2 aromatic rings. The molecule has 102 valence electrons. The second kappa shape index (κ2) is 6.91. The predicted molar refractivity (Wildman–Crippen MR) is 91.0 cm³/mol. The van der Waals surface area contributed by atoms with Gasteiger partial charge < -0.3 is 0 Å². The molecule has 1 heterocycles. The Morgan fingerprint density at radius 1 is 1.42 bits per heavy atom. The van der Waals surface area contributed by atoms with Crippen molar-refractivity contribution in [3.8, 4) is 11.3 Å². The number of thiazole rings is 1. The zero-order chi connectivity index (χ0) is 13.8. The standard InChI is InChI=1S/C15H18BrNS2/c1-4-10(2)18-9-14-17-15(11(3)19-14)12-6-5-7-13(16)8-12/h5-8,10H,4,9H2,1-3H3. The van der Waals surface area contributed by atoms with E-state index in [2.05, 4.69) is 54.9 Å². The predicted octanol–water partition coefficient (Wildman–Crippen LogP) is 5.91. The SMILES string of the molecule is CCC(C)SCc1nc(-c2cccc(Br)c2)c(C)s1. The molecule has 1 unspecified atom stereocenters. The van der Waals surface area contributed by atoms with Gasteiger partial charge in [0.05, 0.1) is 5.69 Å². The lowest BCUT2D eigenvalue weighted by Gasteiger charge is -2.05. The van der Waals surface area contributed by atoms with Gasteiger partial charge in [-0.1, -0.05) is 41.9 Å². The summed E-state index contributed by atoms with van der Waals surface area (Å²) in [5.41, 5.74) is 2.33. The van der Waals surface area contributed by atoms with Gasteiger partial charge in [-0.15, -0.1) is 11.3 Å². The van der Waals surface area contributed by atoms with Crippen molar-refractivity contribution in [1.82, 2.24) is 4.98 Å². The van der Waals surface area contributed by atoms with Crippen LogP contribution in [0.3, 0.4) is 0 Å². The van der Waals surface area contributed by atoms with Crippen LogP contribution in [0.25, 0.3) is 11.3 Å². The van der Waals surface area contributed by atoms with E-state index in [1.807, 2.05) is 29.2 Å². The monoisotopic (exact) mass is 355 g/mol. The van der Waals surface area contributed by atoms with Crippen molar-refractivity contribution >= 4 is 39.0 Å². The maximum Gasteiger partial charge on any atom is 0.103 e. The Morgan fingerprint density at radius 2 is 2.21 bits per heavy atom. The Morgan fingerprint density at radius 3 is 2.89 bits per heavy atom. The highest BCUT2D eigenvalue weighted by molar-refractivity contribution is 9.10. The lowest BCUT2D eigenvalue weighted by Crippen LogP contribution is -1.93. The topological polar surface area (TPSA) is 12.9 Å². The molecule has 0 amide bonds. The number of halogens is 1. The smallest absolute Gasteiger partial charge is 0.103 e. The van der Waals surface area contributed by atoms with Crippen LogP contribution in [0.4, 0.5) is 0 Å². The zero-order valence-corrected chi connectivity index (χ0v) is 14.7. The second-order valence-corrected chi connectivity index (χ2v) is 8.18. The van der Waals surface area contributed by atoms with Gasteiger partial charge in [-0.05, 0) is 25.5 Å². The van der Waals surface area contributed by atoms with E-state index in [9.17, 15) is 0 Å². The van der Waals surface area contributed by atoms with Crippen molar-refractivity contribution in [1.29, 1.82) is 0 Å². The van der Waals surface area contributed by atoms with Crippen LogP contribution >= 0.6 is 39.0 Å². The minimum absolute atomic E-state index is 0.707. The van der Waals surface area contributed by atoms with Gasteiger partial charge in [-0.2, -0.15) is 11.8 Å². The van der Waals surface area contributed by atoms with Gasteiger partial charge in [-0.3, -0.25) is 0 Å². The van der Waals surface area contributed by atoms with Crippen molar-refractivity contribution < 1.29 is 0 Å². The van der Waals surface area contributed by atoms with Crippen LogP contribution in [0.1, 0.15) is 30.2 Å². The summed E-state index contributed by atoms with van der Waals surface area (Å²) in [6.07, 6.45) is 1.22. The number of aromatic nitrogens is 1. The van der Waals surface area contributed by atoms with E-state index in [-0.39, 0.29) is 0 Å². The fourth-order valence-corrected chi connectivity index (χ4v) is 4.06.